The summed E-state index contributed by atoms with van der Waals surface area (Å²) >= 11 is 0. The average molecular weight is 260 g/mol. The molecule has 0 saturated carbocycles. The van der Waals surface area contributed by atoms with Gasteiger partial charge in [0.1, 0.15) is 0 Å². The summed E-state index contributed by atoms with van der Waals surface area (Å²) in [5.74, 6) is -1.24. The second-order valence-electron chi connectivity index (χ2n) is 4.16. The number of carbonyl (C=O) groups is 2. The number of aliphatic hydroxyl groups is 1. The minimum absolute atomic E-state index is 0.173. The fourth-order valence-electron chi connectivity index (χ4n) is 1.89. The summed E-state index contributed by atoms with van der Waals surface area (Å²) in [5.41, 5.74) is 0. The van der Waals surface area contributed by atoms with Crippen molar-refractivity contribution in [1.82, 2.24) is 10.2 Å². The van der Waals surface area contributed by atoms with Gasteiger partial charge in [-0.15, -0.1) is 0 Å². The molecule has 18 heavy (non-hydrogen) atoms. The molecule has 1 aliphatic heterocycles. The van der Waals surface area contributed by atoms with Crippen LogP contribution in [0.2, 0.25) is 0 Å². The monoisotopic (exact) mass is 260 g/mol. The van der Waals surface area contributed by atoms with Crippen molar-refractivity contribution in [2.45, 2.75) is 31.9 Å². The molecule has 0 aromatic rings. The molecule has 104 valence electrons. The third kappa shape index (κ3) is 4.15. The Kier molecular flexibility index (Phi) is 5.87. The molecule has 1 heterocycles. The number of nitrogens with one attached hydrogen (secondary N) is 1. The van der Waals surface area contributed by atoms with Gasteiger partial charge in [0.15, 0.2) is 6.04 Å². The summed E-state index contributed by atoms with van der Waals surface area (Å²) in [4.78, 5) is 24.0. The molecule has 2 amide bonds. The lowest BCUT2D eigenvalue weighted by molar-refractivity contribution is -0.140. The zero-order chi connectivity index (χ0) is 13.5. The van der Waals surface area contributed by atoms with Crippen molar-refractivity contribution in [2.24, 2.45) is 0 Å². The number of aliphatic hydroxyl groups excluding tert-OH is 1. The fraction of sp³-hybridized carbons (Fsp3) is 0.818. The molecule has 0 aliphatic carbocycles. The molecule has 0 spiro atoms. The summed E-state index contributed by atoms with van der Waals surface area (Å²) in [7, 11) is 0. The Morgan fingerprint density at radius 3 is 2.50 bits per heavy atom. The number of rotatable bonds is 5. The maximum absolute atomic E-state index is 11.7. The topological polar surface area (TPSA) is 99.1 Å². The summed E-state index contributed by atoms with van der Waals surface area (Å²) in [6, 6.07) is -1.70. The van der Waals surface area contributed by atoms with Gasteiger partial charge in [0, 0.05) is 19.7 Å². The van der Waals surface area contributed by atoms with E-state index in [2.05, 4.69) is 5.32 Å². The number of carbonyl (C=O) groups excluding carboxylic acids is 1. The Hall–Kier alpha value is -1.34. The van der Waals surface area contributed by atoms with Crippen LogP contribution >= 0.6 is 0 Å². The van der Waals surface area contributed by atoms with Crippen molar-refractivity contribution in [2.75, 3.05) is 26.3 Å². The molecule has 0 aromatic heterocycles. The van der Waals surface area contributed by atoms with Crippen LogP contribution in [0.15, 0.2) is 0 Å². The standard InChI is InChI=1S/C11H20N2O5/c1-2-18-8-3-5-13(6-4-8)11(17)12-9(7-14)10(15)16/h8-9,14H,2-7H2,1H3,(H,12,17)(H,15,16)/t9-/m1/s1. The van der Waals surface area contributed by atoms with Crippen molar-refractivity contribution in [3.05, 3.63) is 0 Å². The van der Waals surface area contributed by atoms with Crippen molar-refractivity contribution in [1.29, 1.82) is 0 Å². The second-order valence-corrected chi connectivity index (χ2v) is 4.16. The van der Waals surface area contributed by atoms with Crippen LogP contribution in [-0.4, -0.2) is 65.6 Å². The third-order valence-electron chi connectivity index (χ3n) is 2.91. The Labute approximate surface area is 106 Å². The number of hydrogen-bond acceptors (Lipinski definition) is 4. The summed E-state index contributed by atoms with van der Waals surface area (Å²) in [6.45, 7) is 3.04. The highest BCUT2D eigenvalue weighted by atomic mass is 16.5. The Balaban J connectivity index is 2.38. The van der Waals surface area contributed by atoms with Crippen LogP contribution in [0.4, 0.5) is 4.79 Å². The van der Waals surface area contributed by atoms with Crippen LogP contribution in [-0.2, 0) is 9.53 Å². The lowest BCUT2D eigenvalue weighted by atomic mass is 10.1. The van der Waals surface area contributed by atoms with Gasteiger partial charge >= 0.3 is 12.0 Å². The predicted molar refractivity (Wildman–Crippen MR) is 63.3 cm³/mol. The molecule has 0 unspecified atom stereocenters. The first-order chi connectivity index (χ1) is 8.58. The van der Waals surface area contributed by atoms with E-state index in [1.807, 2.05) is 6.92 Å². The van der Waals surface area contributed by atoms with E-state index in [9.17, 15) is 9.59 Å². The van der Waals surface area contributed by atoms with Crippen LogP contribution < -0.4 is 5.32 Å². The highest BCUT2D eigenvalue weighted by Gasteiger charge is 2.26. The van der Waals surface area contributed by atoms with Gasteiger partial charge in [0.2, 0.25) is 0 Å². The molecule has 1 atom stereocenters. The molecule has 1 aliphatic rings. The van der Waals surface area contributed by atoms with Gasteiger partial charge in [0.05, 0.1) is 12.7 Å². The number of hydrogen-bond donors (Lipinski definition) is 3. The quantitative estimate of drug-likeness (QED) is 0.627. The zero-order valence-corrected chi connectivity index (χ0v) is 10.5. The van der Waals surface area contributed by atoms with Gasteiger partial charge in [0.25, 0.3) is 0 Å². The van der Waals surface area contributed by atoms with E-state index in [0.717, 1.165) is 12.8 Å². The van der Waals surface area contributed by atoms with E-state index in [4.69, 9.17) is 14.9 Å². The minimum Gasteiger partial charge on any atom is -0.480 e. The largest absolute Gasteiger partial charge is 0.480 e. The molecular weight excluding hydrogens is 240 g/mol. The van der Waals surface area contributed by atoms with Gasteiger partial charge in [-0.3, -0.25) is 0 Å². The number of piperidine rings is 1. The van der Waals surface area contributed by atoms with Gasteiger partial charge in [-0.05, 0) is 19.8 Å². The molecular formula is C11H20N2O5. The first-order valence-electron chi connectivity index (χ1n) is 6.09. The van der Waals surface area contributed by atoms with Crippen molar-refractivity contribution in [3.63, 3.8) is 0 Å². The molecule has 1 fully saturated rings. The molecule has 7 heteroatoms. The smallest absolute Gasteiger partial charge is 0.328 e. The molecule has 0 aromatic carbocycles. The minimum atomic E-state index is -1.25. The maximum Gasteiger partial charge on any atom is 0.328 e. The molecule has 0 radical (unpaired) electrons. The highest BCUT2D eigenvalue weighted by Crippen LogP contribution is 2.13. The van der Waals surface area contributed by atoms with Crippen LogP contribution in [0.3, 0.4) is 0 Å². The summed E-state index contributed by atoms with van der Waals surface area (Å²) in [5, 5.41) is 19.8. The number of ether oxygens (including phenoxy) is 1. The first kappa shape index (κ1) is 14.7. The molecule has 0 bridgehead atoms. The van der Waals surface area contributed by atoms with Crippen LogP contribution in [0, 0.1) is 0 Å². The Bertz CT molecular complexity index is 289. The van der Waals surface area contributed by atoms with E-state index in [1.165, 1.54) is 0 Å². The van der Waals surface area contributed by atoms with Crippen molar-refractivity contribution >= 4 is 12.0 Å². The number of nitrogens with zero attached hydrogens (tertiary/aromatic N) is 1. The van der Waals surface area contributed by atoms with Gasteiger partial charge < -0.3 is 25.2 Å². The van der Waals surface area contributed by atoms with Gasteiger partial charge in [-0.2, -0.15) is 0 Å². The second kappa shape index (κ2) is 7.17. The molecule has 1 rings (SSSR count). The Morgan fingerprint density at radius 2 is 2.06 bits per heavy atom. The summed E-state index contributed by atoms with van der Waals surface area (Å²) in [6.07, 6.45) is 1.67. The van der Waals surface area contributed by atoms with Crippen LogP contribution in [0.25, 0.3) is 0 Å². The van der Waals surface area contributed by atoms with Gasteiger partial charge in [-0.1, -0.05) is 0 Å². The maximum atomic E-state index is 11.7. The highest BCUT2D eigenvalue weighted by molar-refractivity contribution is 5.82. The Morgan fingerprint density at radius 1 is 1.44 bits per heavy atom. The zero-order valence-electron chi connectivity index (χ0n) is 10.5. The fourth-order valence-corrected chi connectivity index (χ4v) is 1.89. The first-order valence-corrected chi connectivity index (χ1v) is 6.09. The number of likely N-dealkylation sites (tertiary alicyclic amines) is 1. The van der Waals surface area contributed by atoms with Gasteiger partial charge in [-0.25, -0.2) is 9.59 Å². The lowest BCUT2D eigenvalue weighted by Crippen LogP contribution is -2.52. The van der Waals surface area contributed by atoms with E-state index in [0.29, 0.717) is 19.7 Å². The van der Waals surface area contributed by atoms with E-state index < -0.39 is 24.6 Å². The number of amides is 2. The molecule has 3 N–H and O–H groups in total. The summed E-state index contributed by atoms with van der Waals surface area (Å²) < 4.78 is 5.46. The normalized spacial score (nSPS) is 18.4. The molecule has 1 saturated heterocycles. The molecule has 7 nitrogen and oxygen atoms in total. The SMILES string of the molecule is CCOC1CCN(C(=O)N[C@H](CO)C(=O)O)CC1. The van der Waals surface area contributed by atoms with Crippen molar-refractivity contribution < 1.29 is 24.5 Å². The van der Waals surface area contributed by atoms with E-state index >= 15 is 0 Å². The van der Waals surface area contributed by atoms with E-state index in [1.54, 1.807) is 4.90 Å². The van der Waals surface area contributed by atoms with Crippen LogP contribution in [0.5, 0.6) is 0 Å². The number of urea groups is 1. The third-order valence-corrected chi connectivity index (χ3v) is 2.91. The predicted octanol–water partition coefficient (Wildman–Crippen LogP) is -0.358. The van der Waals surface area contributed by atoms with Crippen LogP contribution in [0.1, 0.15) is 19.8 Å². The lowest BCUT2D eigenvalue weighted by Gasteiger charge is -2.32. The van der Waals surface area contributed by atoms with E-state index in [-0.39, 0.29) is 6.10 Å². The van der Waals surface area contributed by atoms with Crippen molar-refractivity contribution in [3.8, 4) is 0 Å². The number of carboxylic acid groups (broad SMARTS) is 1. The number of carboxylic acids is 1. The average Bonchev–Trinajstić information content (AvgIpc) is 2.36. The number of aliphatic carboxylic acids is 1.